The number of amides is 1. The Morgan fingerprint density at radius 2 is 1.90 bits per heavy atom. The SMILES string of the molecule is COc1ccc(Sc2ccc(NC(=O)Cc3nc4nc(C)cc(C)n4n3)cc2Cl)cc1. The fraction of sp³-hybridized carbons (Fsp3) is 0.182. The van der Waals surface area contributed by atoms with Gasteiger partial charge in [0.2, 0.25) is 5.91 Å². The molecule has 0 aliphatic rings. The topological polar surface area (TPSA) is 81.4 Å². The van der Waals surface area contributed by atoms with Crippen LogP contribution in [0.5, 0.6) is 5.75 Å². The molecule has 4 rings (SSSR count). The molecule has 1 amide bonds. The summed E-state index contributed by atoms with van der Waals surface area (Å²) in [7, 11) is 1.63. The largest absolute Gasteiger partial charge is 0.497 e. The van der Waals surface area contributed by atoms with Crippen molar-refractivity contribution in [2.75, 3.05) is 12.4 Å². The summed E-state index contributed by atoms with van der Waals surface area (Å²) in [5, 5.41) is 7.77. The minimum Gasteiger partial charge on any atom is -0.497 e. The van der Waals surface area contributed by atoms with Crippen molar-refractivity contribution in [3.63, 3.8) is 0 Å². The van der Waals surface area contributed by atoms with Crippen LogP contribution in [0.1, 0.15) is 17.2 Å². The maximum Gasteiger partial charge on any atom is 0.252 e. The molecule has 0 aliphatic heterocycles. The Morgan fingerprint density at radius 1 is 1.13 bits per heavy atom. The number of fused-ring (bicyclic) bond motifs is 1. The lowest BCUT2D eigenvalue weighted by Gasteiger charge is -2.09. The number of hydrogen-bond donors (Lipinski definition) is 1. The Labute approximate surface area is 188 Å². The Hall–Kier alpha value is -3.10. The average Bonchev–Trinajstić information content (AvgIpc) is 3.13. The van der Waals surface area contributed by atoms with Gasteiger partial charge in [-0.05, 0) is 62.4 Å². The van der Waals surface area contributed by atoms with Crippen LogP contribution in [-0.4, -0.2) is 32.6 Å². The van der Waals surface area contributed by atoms with Gasteiger partial charge in [0, 0.05) is 26.9 Å². The number of hydrogen-bond acceptors (Lipinski definition) is 6. The first-order valence-corrected chi connectivity index (χ1v) is 10.7. The molecule has 0 atom stereocenters. The molecule has 0 spiro atoms. The average molecular weight is 454 g/mol. The highest BCUT2D eigenvalue weighted by molar-refractivity contribution is 7.99. The first-order chi connectivity index (χ1) is 14.9. The molecule has 2 aromatic heterocycles. The Kier molecular flexibility index (Phi) is 6.11. The van der Waals surface area contributed by atoms with Gasteiger partial charge in [0.15, 0.2) is 5.82 Å². The lowest BCUT2D eigenvalue weighted by atomic mass is 10.3. The van der Waals surface area contributed by atoms with Gasteiger partial charge < -0.3 is 10.1 Å². The number of ether oxygens (including phenoxy) is 1. The lowest BCUT2D eigenvalue weighted by molar-refractivity contribution is -0.115. The minimum absolute atomic E-state index is 0.0435. The summed E-state index contributed by atoms with van der Waals surface area (Å²) in [4.78, 5) is 23.1. The summed E-state index contributed by atoms with van der Waals surface area (Å²) in [5.74, 6) is 1.48. The highest BCUT2D eigenvalue weighted by Gasteiger charge is 2.13. The summed E-state index contributed by atoms with van der Waals surface area (Å²) in [6.45, 7) is 3.82. The van der Waals surface area contributed by atoms with E-state index in [0.717, 1.165) is 26.9 Å². The molecule has 0 fully saturated rings. The van der Waals surface area contributed by atoms with Crippen molar-refractivity contribution in [3.8, 4) is 5.75 Å². The van der Waals surface area contributed by atoms with Crippen LogP contribution < -0.4 is 10.1 Å². The summed E-state index contributed by atoms with van der Waals surface area (Å²) in [5.41, 5.74) is 2.39. The number of aromatic nitrogens is 4. The molecule has 0 saturated heterocycles. The molecule has 158 valence electrons. The van der Waals surface area contributed by atoms with E-state index in [1.54, 1.807) is 17.7 Å². The molecule has 0 radical (unpaired) electrons. The predicted molar refractivity (Wildman–Crippen MR) is 121 cm³/mol. The van der Waals surface area contributed by atoms with Crippen LogP contribution in [-0.2, 0) is 11.2 Å². The minimum atomic E-state index is -0.225. The van der Waals surface area contributed by atoms with Crippen molar-refractivity contribution < 1.29 is 9.53 Å². The molecule has 0 unspecified atom stereocenters. The second kappa shape index (κ2) is 8.95. The predicted octanol–water partition coefficient (Wildman–Crippen LogP) is 4.74. The smallest absolute Gasteiger partial charge is 0.252 e. The lowest BCUT2D eigenvalue weighted by Crippen LogP contribution is -2.15. The fourth-order valence-corrected chi connectivity index (χ4v) is 4.18. The van der Waals surface area contributed by atoms with E-state index >= 15 is 0 Å². The number of aryl methyl sites for hydroxylation is 2. The molecule has 0 saturated carbocycles. The van der Waals surface area contributed by atoms with Crippen LogP contribution in [0, 0.1) is 13.8 Å². The summed E-state index contributed by atoms with van der Waals surface area (Å²) in [6.07, 6.45) is 0.0435. The highest BCUT2D eigenvalue weighted by Crippen LogP contribution is 2.35. The maximum atomic E-state index is 12.5. The van der Waals surface area contributed by atoms with Crippen LogP contribution >= 0.6 is 23.4 Å². The van der Waals surface area contributed by atoms with Crippen molar-refractivity contribution >= 4 is 40.7 Å². The van der Waals surface area contributed by atoms with E-state index in [0.29, 0.717) is 22.3 Å². The molecule has 7 nitrogen and oxygen atoms in total. The van der Waals surface area contributed by atoms with Gasteiger partial charge in [-0.3, -0.25) is 4.79 Å². The van der Waals surface area contributed by atoms with E-state index in [1.807, 2.05) is 56.3 Å². The van der Waals surface area contributed by atoms with Crippen molar-refractivity contribution in [2.45, 2.75) is 30.1 Å². The fourth-order valence-electron chi connectivity index (χ4n) is 3.06. The van der Waals surface area contributed by atoms with Gasteiger partial charge in [-0.15, -0.1) is 5.10 Å². The molecule has 1 N–H and O–H groups in total. The Balaban J connectivity index is 1.42. The Bertz CT molecular complexity index is 1260. The Morgan fingerprint density at radius 3 is 2.61 bits per heavy atom. The quantitative estimate of drug-likeness (QED) is 0.454. The third-order valence-corrected chi connectivity index (χ3v) is 5.99. The normalized spacial score (nSPS) is 11.0. The van der Waals surface area contributed by atoms with Gasteiger partial charge in [0.1, 0.15) is 5.75 Å². The number of nitrogens with zero attached hydrogens (tertiary/aromatic N) is 4. The first-order valence-electron chi connectivity index (χ1n) is 9.52. The monoisotopic (exact) mass is 453 g/mol. The van der Waals surface area contributed by atoms with E-state index in [4.69, 9.17) is 16.3 Å². The summed E-state index contributed by atoms with van der Waals surface area (Å²) >= 11 is 7.97. The maximum absolute atomic E-state index is 12.5. The molecule has 2 heterocycles. The zero-order chi connectivity index (χ0) is 22.0. The number of carbonyl (C=O) groups is 1. The standard InChI is InChI=1S/C22H20ClN5O2S/c1-13-10-14(2)28-22(24-13)26-20(27-28)12-21(29)25-15-4-9-19(18(23)11-15)31-17-7-5-16(30-3)6-8-17/h4-11H,12H2,1-3H3,(H,25,29). The number of anilines is 1. The van der Waals surface area contributed by atoms with E-state index in [1.165, 1.54) is 11.8 Å². The number of methoxy groups -OCH3 is 1. The van der Waals surface area contributed by atoms with Gasteiger partial charge in [0.05, 0.1) is 18.6 Å². The molecule has 4 aromatic rings. The van der Waals surface area contributed by atoms with Crippen molar-refractivity contribution in [1.29, 1.82) is 0 Å². The highest BCUT2D eigenvalue weighted by atomic mass is 35.5. The zero-order valence-electron chi connectivity index (χ0n) is 17.2. The first kappa shape index (κ1) is 21.1. The van der Waals surface area contributed by atoms with Crippen LogP contribution in [0.4, 0.5) is 5.69 Å². The van der Waals surface area contributed by atoms with Gasteiger partial charge in [-0.1, -0.05) is 23.4 Å². The number of nitrogens with one attached hydrogen (secondary N) is 1. The molecular weight excluding hydrogens is 434 g/mol. The van der Waals surface area contributed by atoms with Gasteiger partial charge >= 0.3 is 0 Å². The van der Waals surface area contributed by atoms with Crippen LogP contribution in [0.3, 0.4) is 0 Å². The second-order valence-corrected chi connectivity index (χ2v) is 8.45. The van der Waals surface area contributed by atoms with Gasteiger partial charge in [-0.2, -0.15) is 4.98 Å². The van der Waals surface area contributed by atoms with E-state index in [-0.39, 0.29) is 12.3 Å². The summed E-state index contributed by atoms with van der Waals surface area (Å²) in [6, 6.07) is 15.1. The molecule has 0 bridgehead atoms. The summed E-state index contributed by atoms with van der Waals surface area (Å²) < 4.78 is 6.81. The number of benzene rings is 2. The number of carbonyl (C=O) groups excluding carboxylic acids is 1. The van der Waals surface area contributed by atoms with Crippen LogP contribution in [0.15, 0.2) is 58.3 Å². The molecule has 0 aliphatic carbocycles. The molecule has 2 aromatic carbocycles. The second-order valence-electron chi connectivity index (χ2n) is 6.93. The molecular formula is C22H20ClN5O2S. The molecule has 31 heavy (non-hydrogen) atoms. The van der Waals surface area contributed by atoms with Crippen LogP contribution in [0.25, 0.3) is 5.78 Å². The van der Waals surface area contributed by atoms with Crippen molar-refractivity contribution in [2.24, 2.45) is 0 Å². The molecule has 9 heteroatoms. The van der Waals surface area contributed by atoms with E-state index < -0.39 is 0 Å². The van der Waals surface area contributed by atoms with Crippen molar-refractivity contribution in [1.82, 2.24) is 19.6 Å². The zero-order valence-corrected chi connectivity index (χ0v) is 18.8. The van der Waals surface area contributed by atoms with Crippen molar-refractivity contribution in [3.05, 3.63) is 70.8 Å². The number of rotatable bonds is 6. The van der Waals surface area contributed by atoms with E-state index in [2.05, 4.69) is 20.4 Å². The van der Waals surface area contributed by atoms with E-state index in [9.17, 15) is 4.79 Å². The van der Waals surface area contributed by atoms with Gasteiger partial charge in [0.25, 0.3) is 5.78 Å². The number of halogens is 1. The van der Waals surface area contributed by atoms with Crippen LogP contribution in [0.2, 0.25) is 5.02 Å². The third-order valence-electron chi connectivity index (χ3n) is 4.48. The third kappa shape index (κ3) is 4.98. The van der Waals surface area contributed by atoms with Gasteiger partial charge in [-0.25, -0.2) is 9.50 Å².